The van der Waals surface area contributed by atoms with Gasteiger partial charge in [0.15, 0.2) is 0 Å². The molecule has 0 aromatic heterocycles. The van der Waals surface area contributed by atoms with Gasteiger partial charge >= 0.3 is 5.97 Å². The second kappa shape index (κ2) is 4.87. The van der Waals surface area contributed by atoms with Crippen molar-refractivity contribution in [3.05, 3.63) is 24.3 Å². The van der Waals surface area contributed by atoms with E-state index in [1.54, 1.807) is 31.4 Å². The van der Waals surface area contributed by atoms with Gasteiger partial charge in [0.1, 0.15) is 16.8 Å². The van der Waals surface area contributed by atoms with E-state index in [0.717, 1.165) is 5.75 Å². The molecule has 0 saturated carbocycles. The van der Waals surface area contributed by atoms with Crippen LogP contribution in [-0.2, 0) is 4.79 Å². The number of esters is 1. The third-order valence-electron chi connectivity index (χ3n) is 1.40. The van der Waals surface area contributed by atoms with E-state index in [4.69, 9.17) is 9.47 Å². The fraction of sp³-hybridized carbons (Fsp3) is 0.222. The van der Waals surface area contributed by atoms with Crippen molar-refractivity contribution in [1.29, 1.82) is 0 Å². The lowest BCUT2D eigenvalue weighted by Gasteiger charge is -2.02. The molecular formula is C9H9BrO3. The Hall–Kier alpha value is -1.03. The summed E-state index contributed by atoms with van der Waals surface area (Å²) in [6.45, 7) is 0. The molecular weight excluding hydrogens is 236 g/mol. The maximum absolute atomic E-state index is 10.8. The van der Waals surface area contributed by atoms with Crippen LogP contribution in [0.25, 0.3) is 0 Å². The molecule has 0 amide bonds. The first-order valence-electron chi connectivity index (χ1n) is 3.67. The van der Waals surface area contributed by atoms with Gasteiger partial charge in [-0.25, -0.2) is 0 Å². The van der Waals surface area contributed by atoms with Gasteiger partial charge in [0.2, 0.25) is 0 Å². The van der Waals surface area contributed by atoms with Crippen molar-refractivity contribution in [2.45, 2.75) is 0 Å². The van der Waals surface area contributed by atoms with Crippen molar-refractivity contribution in [3.63, 3.8) is 0 Å². The predicted octanol–water partition coefficient (Wildman–Crippen LogP) is 2.00. The van der Waals surface area contributed by atoms with E-state index < -0.39 is 0 Å². The van der Waals surface area contributed by atoms with Gasteiger partial charge in [-0.15, -0.1) is 0 Å². The summed E-state index contributed by atoms with van der Waals surface area (Å²) in [6, 6.07) is 6.83. The lowest BCUT2D eigenvalue weighted by Crippen LogP contribution is -2.08. The van der Waals surface area contributed by atoms with E-state index in [9.17, 15) is 4.79 Å². The van der Waals surface area contributed by atoms with Crippen molar-refractivity contribution in [2.75, 3.05) is 12.4 Å². The van der Waals surface area contributed by atoms with E-state index in [-0.39, 0.29) is 11.3 Å². The average Bonchev–Trinajstić information content (AvgIpc) is 2.19. The highest BCUT2D eigenvalue weighted by atomic mass is 79.9. The van der Waals surface area contributed by atoms with Crippen LogP contribution in [0.1, 0.15) is 0 Å². The third kappa shape index (κ3) is 3.06. The molecule has 0 heterocycles. The third-order valence-corrected chi connectivity index (χ3v) is 1.86. The second-order valence-corrected chi connectivity index (χ2v) is 2.84. The van der Waals surface area contributed by atoms with Crippen LogP contribution in [0, 0.1) is 0 Å². The van der Waals surface area contributed by atoms with Crippen LogP contribution in [-0.4, -0.2) is 18.4 Å². The van der Waals surface area contributed by atoms with E-state index in [0.29, 0.717) is 5.75 Å². The first-order valence-corrected chi connectivity index (χ1v) is 4.79. The minimum atomic E-state index is -0.315. The van der Waals surface area contributed by atoms with Gasteiger partial charge in [0.25, 0.3) is 0 Å². The Morgan fingerprint density at radius 1 is 1.31 bits per heavy atom. The Labute approximate surface area is 84.8 Å². The molecule has 0 fully saturated rings. The Morgan fingerprint density at radius 2 is 1.85 bits per heavy atom. The molecule has 13 heavy (non-hydrogen) atoms. The van der Waals surface area contributed by atoms with Gasteiger partial charge in [-0.05, 0) is 24.3 Å². The van der Waals surface area contributed by atoms with Gasteiger partial charge in [-0.2, -0.15) is 0 Å². The molecule has 0 aliphatic carbocycles. The number of halogens is 1. The number of methoxy groups -OCH3 is 1. The minimum Gasteiger partial charge on any atom is -0.497 e. The van der Waals surface area contributed by atoms with Gasteiger partial charge in [0, 0.05) is 0 Å². The molecule has 4 heteroatoms. The molecule has 3 nitrogen and oxygen atoms in total. The summed E-state index contributed by atoms with van der Waals surface area (Å²) in [5.74, 6) is 0.939. The van der Waals surface area contributed by atoms with Crippen molar-refractivity contribution in [2.24, 2.45) is 0 Å². The molecule has 0 atom stereocenters. The zero-order valence-electron chi connectivity index (χ0n) is 7.12. The molecule has 70 valence electrons. The molecule has 0 bridgehead atoms. The Balaban J connectivity index is 2.64. The number of hydrogen-bond donors (Lipinski definition) is 0. The van der Waals surface area contributed by atoms with Crippen LogP contribution in [0.2, 0.25) is 0 Å². The molecule has 0 aliphatic heterocycles. The van der Waals surface area contributed by atoms with Crippen molar-refractivity contribution >= 4 is 21.9 Å². The van der Waals surface area contributed by atoms with Gasteiger partial charge in [-0.3, -0.25) is 4.79 Å². The Bertz CT molecular complexity index is 281. The predicted molar refractivity (Wildman–Crippen MR) is 52.4 cm³/mol. The topological polar surface area (TPSA) is 35.5 Å². The molecule has 1 rings (SSSR count). The summed E-state index contributed by atoms with van der Waals surface area (Å²) in [5, 5.41) is 0.193. The second-order valence-electron chi connectivity index (χ2n) is 2.28. The van der Waals surface area contributed by atoms with Crippen LogP contribution < -0.4 is 9.47 Å². The number of hydrogen-bond acceptors (Lipinski definition) is 3. The fourth-order valence-electron chi connectivity index (χ4n) is 0.802. The summed E-state index contributed by atoms with van der Waals surface area (Å²) in [6.07, 6.45) is 0. The summed E-state index contributed by atoms with van der Waals surface area (Å²) in [7, 11) is 1.58. The lowest BCUT2D eigenvalue weighted by molar-refractivity contribution is -0.131. The highest BCUT2D eigenvalue weighted by Crippen LogP contribution is 2.17. The highest BCUT2D eigenvalue weighted by molar-refractivity contribution is 9.09. The first kappa shape index (κ1) is 10.1. The number of rotatable bonds is 3. The maximum Gasteiger partial charge on any atom is 0.321 e. The zero-order chi connectivity index (χ0) is 9.68. The molecule has 0 unspecified atom stereocenters. The molecule has 1 aromatic rings. The van der Waals surface area contributed by atoms with Crippen LogP contribution in [0.3, 0.4) is 0 Å². The molecule has 0 N–H and O–H groups in total. The number of alkyl halides is 1. The maximum atomic E-state index is 10.8. The number of carbonyl (C=O) groups excluding carboxylic acids is 1. The van der Waals surface area contributed by atoms with Gasteiger partial charge in [-0.1, -0.05) is 15.9 Å². The average molecular weight is 245 g/mol. The molecule has 0 radical (unpaired) electrons. The van der Waals surface area contributed by atoms with Crippen LogP contribution >= 0.6 is 15.9 Å². The Kier molecular flexibility index (Phi) is 3.76. The van der Waals surface area contributed by atoms with Crippen molar-refractivity contribution < 1.29 is 14.3 Å². The summed E-state index contributed by atoms with van der Waals surface area (Å²) >= 11 is 3.00. The standard InChI is InChI=1S/C9H9BrO3/c1-12-7-2-4-8(5-3-7)13-9(11)6-10/h2-5H,6H2,1H3. The number of carbonyl (C=O) groups is 1. The highest BCUT2D eigenvalue weighted by Gasteiger charge is 2.01. The quantitative estimate of drug-likeness (QED) is 0.464. The van der Waals surface area contributed by atoms with Gasteiger partial charge < -0.3 is 9.47 Å². The van der Waals surface area contributed by atoms with E-state index >= 15 is 0 Å². The molecule has 0 aliphatic rings. The Morgan fingerprint density at radius 3 is 2.31 bits per heavy atom. The summed E-state index contributed by atoms with van der Waals surface area (Å²) in [5.41, 5.74) is 0. The fourth-order valence-corrected chi connectivity index (χ4v) is 0.917. The smallest absolute Gasteiger partial charge is 0.321 e. The van der Waals surface area contributed by atoms with E-state index in [1.165, 1.54) is 0 Å². The number of ether oxygens (including phenoxy) is 2. The SMILES string of the molecule is COc1ccc(OC(=O)CBr)cc1. The normalized spacial score (nSPS) is 9.38. The number of benzene rings is 1. The van der Waals surface area contributed by atoms with Crippen LogP contribution in [0.4, 0.5) is 0 Å². The molecule has 0 spiro atoms. The zero-order valence-corrected chi connectivity index (χ0v) is 8.71. The lowest BCUT2D eigenvalue weighted by atomic mass is 10.3. The largest absolute Gasteiger partial charge is 0.497 e. The van der Waals surface area contributed by atoms with E-state index in [1.807, 2.05) is 0 Å². The van der Waals surface area contributed by atoms with Crippen LogP contribution in [0.15, 0.2) is 24.3 Å². The van der Waals surface area contributed by atoms with E-state index in [2.05, 4.69) is 15.9 Å². The monoisotopic (exact) mass is 244 g/mol. The first-order chi connectivity index (χ1) is 6.26. The molecule has 1 aromatic carbocycles. The van der Waals surface area contributed by atoms with Crippen molar-refractivity contribution in [1.82, 2.24) is 0 Å². The van der Waals surface area contributed by atoms with Crippen LogP contribution in [0.5, 0.6) is 11.5 Å². The van der Waals surface area contributed by atoms with Crippen molar-refractivity contribution in [3.8, 4) is 11.5 Å². The summed E-state index contributed by atoms with van der Waals surface area (Å²) in [4.78, 5) is 10.8. The summed E-state index contributed by atoms with van der Waals surface area (Å²) < 4.78 is 9.87. The molecule has 0 saturated heterocycles. The minimum absolute atomic E-state index is 0.193. The van der Waals surface area contributed by atoms with Gasteiger partial charge in [0.05, 0.1) is 7.11 Å².